The predicted molar refractivity (Wildman–Crippen MR) is 63.3 cm³/mol. The van der Waals surface area contributed by atoms with E-state index in [4.69, 9.17) is 0 Å². The Bertz CT molecular complexity index is 404. The maximum Gasteiger partial charge on any atom is 0.223 e. The second-order valence-corrected chi connectivity index (χ2v) is 5.00. The summed E-state index contributed by atoms with van der Waals surface area (Å²) >= 11 is 3.28. The second-order valence-electron chi connectivity index (χ2n) is 4.08. The first-order valence-corrected chi connectivity index (χ1v) is 6.18. The molecule has 4 heteroatoms. The van der Waals surface area contributed by atoms with Crippen LogP contribution < -0.4 is 5.32 Å². The fourth-order valence-electron chi connectivity index (χ4n) is 1.68. The van der Waals surface area contributed by atoms with Crippen LogP contribution in [0.3, 0.4) is 0 Å². The third-order valence-electron chi connectivity index (χ3n) is 2.94. The Balaban J connectivity index is 1.93. The van der Waals surface area contributed by atoms with Gasteiger partial charge in [-0.3, -0.25) is 4.79 Å². The van der Waals surface area contributed by atoms with Crippen LogP contribution in [-0.4, -0.2) is 5.91 Å². The molecule has 16 heavy (non-hydrogen) atoms. The van der Waals surface area contributed by atoms with Gasteiger partial charge in [-0.25, -0.2) is 4.39 Å². The molecule has 0 saturated heterocycles. The minimum Gasteiger partial charge on any atom is -0.352 e. The van der Waals surface area contributed by atoms with Gasteiger partial charge < -0.3 is 5.32 Å². The van der Waals surface area contributed by atoms with Crippen LogP contribution in [0.15, 0.2) is 22.7 Å². The summed E-state index contributed by atoms with van der Waals surface area (Å²) in [6.45, 7) is 0.264. The summed E-state index contributed by atoms with van der Waals surface area (Å²) in [7, 11) is 0. The zero-order chi connectivity index (χ0) is 11.5. The Morgan fingerprint density at radius 1 is 1.50 bits per heavy atom. The van der Waals surface area contributed by atoms with Crippen molar-refractivity contribution in [3.8, 4) is 0 Å². The van der Waals surface area contributed by atoms with Crippen LogP contribution in [0.5, 0.6) is 0 Å². The molecule has 86 valence electrons. The Morgan fingerprint density at radius 2 is 2.25 bits per heavy atom. The van der Waals surface area contributed by atoms with Gasteiger partial charge in [-0.1, -0.05) is 22.4 Å². The SMILES string of the molecule is O=C(NCc1cc(Br)ccc1F)C1CCC1. The van der Waals surface area contributed by atoms with Crippen molar-refractivity contribution in [1.82, 2.24) is 5.32 Å². The van der Waals surface area contributed by atoms with Crippen molar-refractivity contribution in [1.29, 1.82) is 0 Å². The number of halogens is 2. The molecule has 1 saturated carbocycles. The smallest absolute Gasteiger partial charge is 0.223 e. The van der Waals surface area contributed by atoms with E-state index in [1.807, 2.05) is 0 Å². The largest absolute Gasteiger partial charge is 0.352 e. The molecule has 0 heterocycles. The molecule has 1 aliphatic rings. The van der Waals surface area contributed by atoms with Gasteiger partial charge in [-0.2, -0.15) is 0 Å². The van der Waals surface area contributed by atoms with Crippen LogP contribution in [0.25, 0.3) is 0 Å². The highest BCUT2D eigenvalue weighted by Crippen LogP contribution is 2.26. The van der Waals surface area contributed by atoms with Crippen molar-refractivity contribution >= 4 is 21.8 Å². The lowest BCUT2D eigenvalue weighted by atomic mass is 9.85. The summed E-state index contributed by atoms with van der Waals surface area (Å²) in [5.41, 5.74) is 0.516. The second kappa shape index (κ2) is 4.95. The Kier molecular flexibility index (Phi) is 3.59. The van der Waals surface area contributed by atoms with Crippen LogP contribution in [0, 0.1) is 11.7 Å². The minimum atomic E-state index is -0.280. The molecule has 1 amide bonds. The van der Waals surface area contributed by atoms with E-state index in [0.29, 0.717) is 5.56 Å². The number of benzene rings is 1. The zero-order valence-corrected chi connectivity index (χ0v) is 10.4. The van der Waals surface area contributed by atoms with Gasteiger partial charge in [0, 0.05) is 22.5 Å². The molecule has 1 aromatic rings. The van der Waals surface area contributed by atoms with Crippen molar-refractivity contribution < 1.29 is 9.18 Å². The molecule has 2 nitrogen and oxygen atoms in total. The number of rotatable bonds is 3. The molecule has 0 radical (unpaired) electrons. The van der Waals surface area contributed by atoms with Crippen LogP contribution in [0.1, 0.15) is 24.8 Å². The fourth-order valence-corrected chi connectivity index (χ4v) is 2.08. The molecule has 1 aromatic carbocycles. The van der Waals surface area contributed by atoms with E-state index in [9.17, 15) is 9.18 Å². The summed E-state index contributed by atoms with van der Waals surface area (Å²) in [5.74, 6) is -0.0852. The molecular formula is C12H13BrFNO. The standard InChI is InChI=1S/C12H13BrFNO/c13-10-4-5-11(14)9(6-10)7-15-12(16)8-2-1-3-8/h4-6,8H,1-3,7H2,(H,15,16). The summed E-state index contributed by atoms with van der Waals surface area (Å²) in [4.78, 5) is 11.5. The lowest BCUT2D eigenvalue weighted by molar-refractivity contribution is -0.127. The molecule has 1 N–H and O–H groups in total. The lowest BCUT2D eigenvalue weighted by Gasteiger charge is -2.24. The van der Waals surface area contributed by atoms with Gasteiger partial charge in [0.05, 0.1) is 0 Å². The highest BCUT2D eigenvalue weighted by atomic mass is 79.9. The number of carbonyl (C=O) groups is 1. The molecule has 0 aliphatic heterocycles. The fraction of sp³-hybridized carbons (Fsp3) is 0.417. The van der Waals surface area contributed by atoms with Crippen LogP contribution in [0.2, 0.25) is 0 Å². The average Bonchev–Trinajstić information content (AvgIpc) is 2.17. The number of hydrogen-bond acceptors (Lipinski definition) is 1. The van der Waals surface area contributed by atoms with Crippen molar-refractivity contribution in [2.24, 2.45) is 5.92 Å². The quantitative estimate of drug-likeness (QED) is 0.909. The third kappa shape index (κ3) is 2.61. The van der Waals surface area contributed by atoms with Crippen molar-refractivity contribution in [2.75, 3.05) is 0 Å². The summed E-state index contributed by atoms with van der Waals surface area (Å²) in [6, 6.07) is 4.73. The summed E-state index contributed by atoms with van der Waals surface area (Å²) in [5, 5.41) is 2.77. The van der Waals surface area contributed by atoms with E-state index in [0.717, 1.165) is 23.7 Å². The van der Waals surface area contributed by atoms with Crippen LogP contribution >= 0.6 is 15.9 Å². The van der Waals surface area contributed by atoms with E-state index < -0.39 is 0 Å². The average molecular weight is 286 g/mol. The molecule has 0 bridgehead atoms. The first-order chi connectivity index (χ1) is 7.66. The number of carbonyl (C=O) groups excluding carboxylic acids is 1. The maximum atomic E-state index is 13.3. The topological polar surface area (TPSA) is 29.1 Å². The molecule has 2 rings (SSSR count). The van der Waals surface area contributed by atoms with Gasteiger partial charge in [0.1, 0.15) is 5.82 Å². The van der Waals surface area contributed by atoms with E-state index in [2.05, 4.69) is 21.2 Å². The van der Waals surface area contributed by atoms with Crippen molar-refractivity contribution in [3.05, 3.63) is 34.1 Å². The van der Waals surface area contributed by atoms with Crippen molar-refractivity contribution in [2.45, 2.75) is 25.8 Å². The van der Waals surface area contributed by atoms with Gasteiger partial charge in [0.15, 0.2) is 0 Å². The van der Waals surface area contributed by atoms with Gasteiger partial charge in [0.2, 0.25) is 5.91 Å². The zero-order valence-electron chi connectivity index (χ0n) is 8.80. The lowest BCUT2D eigenvalue weighted by Crippen LogP contribution is -2.34. The minimum absolute atomic E-state index is 0.0469. The van der Waals surface area contributed by atoms with E-state index >= 15 is 0 Å². The van der Waals surface area contributed by atoms with Gasteiger partial charge >= 0.3 is 0 Å². The predicted octanol–water partition coefficient (Wildman–Crippen LogP) is 3.00. The van der Waals surface area contributed by atoms with Crippen LogP contribution in [0.4, 0.5) is 4.39 Å². The molecule has 0 aromatic heterocycles. The molecule has 0 spiro atoms. The third-order valence-corrected chi connectivity index (χ3v) is 3.43. The first-order valence-electron chi connectivity index (χ1n) is 5.38. The number of amides is 1. The number of nitrogens with one attached hydrogen (secondary N) is 1. The highest BCUT2D eigenvalue weighted by molar-refractivity contribution is 9.10. The molecule has 0 unspecified atom stereocenters. The Labute approximate surface area is 102 Å². The first kappa shape index (κ1) is 11.6. The van der Waals surface area contributed by atoms with Gasteiger partial charge in [-0.15, -0.1) is 0 Å². The molecule has 1 fully saturated rings. The Morgan fingerprint density at radius 3 is 2.88 bits per heavy atom. The molecule has 1 aliphatic carbocycles. The number of hydrogen-bond donors (Lipinski definition) is 1. The highest BCUT2D eigenvalue weighted by Gasteiger charge is 2.24. The molecule has 0 atom stereocenters. The summed E-state index contributed by atoms with van der Waals surface area (Å²) < 4.78 is 14.2. The normalized spacial score (nSPS) is 15.6. The van der Waals surface area contributed by atoms with Gasteiger partial charge in [0.25, 0.3) is 0 Å². The van der Waals surface area contributed by atoms with E-state index in [-0.39, 0.29) is 24.2 Å². The maximum absolute atomic E-state index is 13.3. The van der Waals surface area contributed by atoms with E-state index in [1.54, 1.807) is 12.1 Å². The van der Waals surface area contributed by atoms with Crippen LogP contribution in [-0.2, 0) is 11.3 Å². The monoisotopic (exact) mass is 285 g/mol. The summed E-state index contributed by atoms with van der Waals surface area (Å²) in [6.07, 6.45) is 3.06. The molecular weight excluding hydrogens is 273 g/mol. The Hall–Kier alpha value is -0.900. The van der Waals surface area contributed by atoms with Crippen molar-refractivity contribution in [3.63, 3.8) is 0 Å². The van der Waals surface area contributed by atoms with E-state index in [1.165, 1.54) is 6.07 Å². The van der Waals surface area contributed by atoms with Gasteiger partial charge in [-0.05, 0) is 31.0 Å².